The molecule has 1 aliphatic rings. The number of ether oxygens (including phenoxy) is 1. The van der Waals surface area contributed by atoms with E-state index in [4.69, 9.17) is 17.0 Å². The Morgan fingerprint density at radius 2 is 1.78 bits per heavy atom. The average molecular weight is 660 g/mol. The van der Waals surface area contributed by atoms with Crippen LogP contribution in [0.3, 0.4) is 0 Å². The summed E-state index contributed by atoms with van der Waals surface area (Å²) in [5.41, 5.74) is -0.752. The molecule has 0 atom stereocenters. The van der Waals surface area contributed by atoms with Crippen LogP contribution in [-0.4, -0.2) is 15.2 Å². The minimum Gasteiger partial charge on any atom is -0.449 e. The number of nitro benzene ring substituents is 1. The molecule has 1 heterocycles. The van der Waals surface area contributed by atoms with Gasteiger partial charge in [0, 0.05) is 10.5 Å². The molecule has 3 aromatic rings. The Balaban J connectivity index is 1.59. The first-order valence-corrected chi connectivity index (χ1v) is 12.6. The van der Waals surface area contributed by atoms with Gasteiger partial charge in [0.1, 0.15) is 5.75 Å². The van der Waals surface area contributed by atoms with E-state index in [1.807, 2.05) is 6.07 Å². The summed E-state index contributed by atoms with van der Waals surface area (Å²) in [5.74, 6) is -0.507. The van der Waals surface area contributed by atoms with Gasteiger partial charge in [-0.1, -0.05) is 52.0 Å². The van der Waals surface area contributed by atoms with Crippen molar-refractivity contribution in [3.63, 3.8) is 0 Å². The first-order chi connectivity index (χ1) is 16.9. The maximum absolute atomic E-state index is 13.0. The molecule has 1 aliphatic heterocycles. The summed E-state index contributed by atoms with van der Waals surface area (Å²) in [6.45, 7) is 0. The van der Waals surface area contributed by atoms with Crippen molar-refractivity contribution in [1.29, 1.82) is 0 Å². The lowest BCUT2D eigenvalue weighted by Gasteiger charge is -2.14. The van der Waals surface area contributed by atoms with E-state index in [9.17, 15) is 28.1 Å². The number of amides is 1. The third-order valence-electron chi connectivity index (χ3n) is 4.82. The minimum atomic E-state index is -4.73. The smallest absolute Gasteiger partial charge is 0.416 e. The average Bonchev–Trinajstić information content (AvgIpc) is 3.07. The van der Waals surface area contributed by atoms with Crippen LogP contribution in [0.25, 0.3) is 6.08 Å². The summed E-state index contributed by atoms with van der Waals surface area (Å²) in [6, 6.07) is 13.9. The van der Waals surface area contributed by atoms with Crippen molar-refractivity contribution >= 4 is 83.5 Å². The van der Waals surface area contributed by atoms with E-state index in [0.29, 0.717) is 37.1 Å². The number of carbonyl (C=O) groups is 1. The zero-order valence-corrected chi connectivity index (χ0v) is 22.4. The van der Waals surface area contributed by atoms with Gasteiger partial charge < -0.3 is 4.74 Å². The number of nitrogens with zero attached hydrogens (tertiary/aromatic N) is 2. The summed E-state index contributed by atoms with van der Waals surface area (Å²) >= 11 is 13.2. The van der Waals surface area contributed by atoms with Gasteiger partial charge >= 0.3 is 11.9 Å². The zero-order valence-electron chi connectivity index (χ0n) is 17.6. The molecule has 13 heteroatoms. The van der Waals surface area contributed by atoms with Gasteiger partial charge in [-0.3, -0.25) is 19.8 Å². The molecule has 0 N–H and O–H groups in total. The molecular weight excluding hydrogens is 649 g/mol. The maximum Gasteiger partial charge on any atom is 0.416 e. The number of anilines is 1. The van der Waals surface area contributed by atoms with Gasteiger partial charge in [-0.15, -0.1) is 0 Å². The fraction of sp³-hybridized carbons (Fsp3) is 0.0435. The highest BCUT2D eigenvalue weighted by molar-refractivity contribution is 9.10. The maximum atomic E-state index is 13.0. The molecule has 1 saturated heterocycles. The van der Waals surface area contributed by atoms with Crippen LogP contribution in [0, 0.1) is 10.1 Å². The third kappa shape index (κ3) is 5.64. The SMILES string of the molecule is O=C1/C(=C\c2ccc(Oc3ccc(C(F)(F)F)cc3[N+](=O)[O-])c(Br)c2)SC(=S)N1c1cccc(Br)c1. The van der Waals surface area contributed by atoms with Gasteiger partial charge in [-0.05, 0) is 70.0 Å². The first-order valence-electron chi connectivity index (χ1n) is 9.80. The standard InChI is InChI=1S/C23H11Br2F3N2O4S2/c24-14-2-1-3-15(11-14)29-21(31)20(36-22(29)35)9-12-4-6-18(16(25)8-12)34-19-7-5-13(23(26,27)28)10-17(19)30(32)33/h1-11H/b20-9+. The molecule has 0 aliphatic carbocycles. The van der Waals surface area contributed by atoms with Crippen LogP contribution in [0.1, 0.15) is 11.1 Å². The van der Waals surface area contributed by atoms with E-state index in [1.165, 1.54) is 11.0 Å². The Labute approximate surface area is 228 Å². The number of halogens is 5. The lowest BCUT2D eigenvalue weighted by atomic mass is 10.1. The highest BCUT2D eigenvalue weighted by atomic mass is 79.9. The van der Waals surface area contributed by atoms with Gasteiger partial charge in [-0.25, -0.2) is 0 Å². The number of nitro groups is 1. The molecule has 0 radical (unpaired) electrons. The Hall–Kier alpha value is -2.74. The fourth-order valence-corrected chi connectivity index (χ4v) is 5.35. The molecule has 4 rings (SSSR count). The van der Waals surface area contributed by atoms with Gasteiger partial charge in [0.05, 0.1) is 25.6 Å². The number of alkyl halides is 3. The van der Waals surface area contributed by atoms with Gasteiger partial charge in [-0.2, -0.15) is 13.2 Å². The molecule has 0 unspecified atom stereocenters. The van der Waals surface area contributed by atoms with Gasteiger partial charge in [0.15, 0.2) is 4.32 Å². The highest BCUT2D eigenvalue weighted by Gasteiger charge is 2.34. The minimum absolute atomic E-state index is 0.136. The molecule has 0 spiro atoms. The monoisotopic (exact) mass is 658 g/mol. The quantitative estimate of drug-likeness (QED) is 0.119. The fourth-order valence-electron chi connectivity index (χ4n) is 3.19. The van der Waals surface area contributed by atoms with E-state index in [0.717, 1.165) is 22.3 Å². The molecular formula is C23H11Br2F3N2O4S2. The van der Waals surface area contributed by atoms with Crippen molar-refractivity contribution in [3.8, 4) is 11.5 Å². The van der Waals surface area contributed by atoms with Crippen LogP contribution in [0.15, 0.2) is 74.5 Å². The molecule has 0 bridgehead atoms. The van der Waals surface area contributed by atoms with E-state index < -0.39 is 22.4 Å². The normalized spacial score (nSPS) is 15.0. The molecule has 1 amide bonds. The summed E-state index contributed by atoms with van der Waals surface area (Å²) in [4.78, 5) is 25.2. The first kappa shape index (κ1) is 26.3. The van der Waals surface area contributed by atoms with Gasteiger partial charge in [0.2, 0.25) is 5.75 Å². The van der Waals surface area contributed by atoms with Crippen molar-refractivity contribution in [2.75, 3.05) is 4.90 Å². The largest absolute Gasteiger partial charge is 0.449 e. The van der Waals surface area contributed by atoms with Crippen molar-refractivity contribution < 1.29 is 27.6 Å². The van der Waals surface area contributed by atoms with Crippen LogP contribution in [0.4, 0.5) is 24.5 Å². The Morgan fingerprint density at radius 3 is 2.42 bits per heavy atom. The van der Waals surface area contributed by atoms with Crippen molar-refractivity contribution in [1.82, 2.24) is 0 Å². The van der Waals surface area contributed by atoms with E-state index in [-0.39, 0.29) is 17.4 Å². The molecule has 3 aromatic carbocycles. The predicted octanol–water partition coefficient (Wildman–Crippen LogP) is 8.34. The van der Waals surface area contributed by atoms with Crippen LogP contribution in [-0.2, 0) is 11.0 Å². The second kappa shape index (κ2) is 10.3. The summed E-state index contributed by atoms with van der Waals surface area (Å²) in [5, 5.41) is 11.3. The summed E-state index contributed by atoms with van der Waals surface area (Å²) < 4.78 is 45.9. The number of hydrogen-bond acceptors (Lipinski definition) is 6. The summed E-state index contributed by atoms with van der Waals surface area (Å²) in [6.07, 6.45) is -3.10. The molecule has 36 heavy (non-hydrogen) atoms. The second-order valence-electron chi connectivity index (χ2n) is 7.23. The highest BCUT2D eigenvalue weighted by Crippen LogP contribution is 2.41. The number of benzene rings is 3. The number of rotatable bonds is 5. The number of thioether (sulfide) groups is 1. The third-order valence-corrected chi connectivity index (χ3v) is 7.23. The van der Waals surface area contributed by atoms with E-state index >= 15 is 0 Å². The van der Waals surface area contributed by atoms with E-state index in [1.54, 1.807) is 36.4 Å². The van der Waals surface area contributed by atoms with E-state index in [2.05, 4.69) is 31.9 Å². The molecule has 0 aromatic heterocycles. The Bertz CT molecular complexity index is 1450. The second-order valence-corrected chi connectivity index (χ2v) is 10.7. The van der Waals surface area contributed by atoms with Crippen molar-refractivity contribution in [2.24, 2.45) is 0 Å². The molecule has 0 saturated carbocycles. The molecule has 1 fully saturated rings. The lowest BCUT2D eigenvalue weighted by Crippen LogP contribution is -2.27. The molecule has 184 valence electrons. The zero-order chi connectivity index (χ0) is 26.2. The van der Waals surface area contributed by atoms with Crippen LogP contribution in [0.2, 0.25) is 0 Å². The van der Waals surface area contributed by atoms with Gasteiger partial charge in [0.25, 0.3) is 5.91 Å². The van der Waals surface area contributed by atoms with Crippen molar-refractivity contribution in [2.45, 2.75) is 6.18 Å². The lowest BCUT2D eigenvalue weighted by molar-refractivity contribution is -0.385. The van der Waals surface area contributed by atoms with Crippen LogP contribution >= 0.6 is 55.8 Å². The van der Waals surface area contributed by atoms with Crippen LogP contribution < -0.4 is 9.64 Å². The summed E-state index contributed by atoms with van der Waals surface area (Å²) in [7, 11) is 0. The number of hydrogen-bond donors (Lipinski definition) is 0. The molecule has 6 nitrogen and oxygen atoms in total. The van der Waals surface area contributed by atoms with Crippen LogP contribution in [0.5, 0.6) is 11.5 Å². The predicted molar refractivity (Wildman–Crippen MR) is 142 cm³/mol. The Kier molecular flexibility index (Phi) is 7.55. The Morgan fingerprint density at radius 1 is 1.06 bits per heavy atom. The number of thiocarbonyl (C=S) groups is 1. The topological polar surface area (TPSA) is 72.7 Å². The van der Waals surface area contributed by atoms with Crippen molar-refractivity contribution in [3.05, 3.63) is 95.8 Å². The number of carbonyl (C=O) groups excluding carboxylic acids is 1.